The van der Waals surface area contributed by atoms with Crippen molar-refractivity contribution in [2.24, 2.45) is 0 Å². The minimum atomic E-state index is -0.674. The molecule has 8 nitrogen and oxygen atoms in total. The molecule has 1 aromatic carbocycles. The molecule has 0 aliphatic carbocycles. The molecule has 0 saturated carbocycles. The lowest BCUT2D eigenvalue weighted by Crippen LogP contribution is -2.11. The number of hydrogen-bond donors (Lipinski definition) is 1. The summed E-state index contributed by atoms with van der Waals surface area (Å²) in [5.74, 6) is 0.00463. The van der Waals surface area contributed by atoms with E-state index < -0.39 is 9.85 Å². The zero-order chi connectivity index (χ0) is 13.4. The molecule has 0 aliphatic heterocycles. The number of nitrogens with zero attached hydrogens (tertiary/aromatic N) is 2. The summed E-state index contributed by atoms with van der Waals surface area (Å²) in [5, 5.41) is 22.7. The lowest BCUT2D eigenvalue weighted by molar-refractivity contribution is -0.394. The van der Waals surface area contributed by atoms with Crippen molar-refractivity contribution in [1.82, 2.24) is 5.32 Å². The number of rotatable bonds is 2. The second-order valence-electron chi connectivity index (χ2n) is 2.84. The van der Waals surface area contributed by atoms with Crippen molar-refractivity contribution in [3.63, 3.8) is 0 Å². The molecule has 0 spiro atoms. The average molecular weight is 241 g/mol. The molecule has 0 radical (unpaired) electrons. The molecule has 1 N–H and O–H groups in total. The third kappa shape index (κ3) is 5.82. The van der Waals surface area contributed by atoms with Gasteiger partial charge in [-0.2, -0.15) is 0 Å². The molecule has 0 unspecified atom stereocenters. The van der Waals surface area contributed by atoms with Crippen molar-refractivity contribution in [2.75, 3.05) is 7.05 Å². The van der Waals surface area contributed by atoms with Crippen molar-refractivity contribution in [3.05, 3.63) is 44.5 Å². The van der Waals surface area contributed by atoms with E-state index in [0.717, 1.165) is 6.07 Å². The minimum Gasteiger partial charge on any atom is -0.359 e. The highest BCUT2D eigenvalue weighted by molar-refractivity contribution is 5.72. The highest BCUT2D eigenvalue weighted by atomic mass is 16.6. The number of hydrogen-bond acceptors (Lipinski definition) is 5. The van der Waals surface area contributed by atoms with Gasteiger partial charge in [-0.3, -0.25) is 25.0 Å². The van der Waals surface area contributed by atoms with Crippen molar-refractivity contribution in [2.45, 2.75) is 6.92 Å². The van der Waals surface area contributed by atoms with Gasteiger partial charge in [0.15, 0.2) is 0 Å². The molecule has 0 saturated heterocycles. The van der Waals surface area contributed by atoms with E-state index >= 15 is 0 Å². The standard InChI is InChI=1S/C6H4N2O4.C3H7NO/c9-7(10)5-2-1-3-6(4-5)8(11)12;1-3(5)4-2/h1-4H;1-2H3,(H,4,5). The molecule has 0 atom stereocenters. The Balaban J connectivity index is 0.000000437. The average Bonchev–Trinajstić information content (AvgIpc) is 2.29. The number of benzene rings is 1. The highest BCUT2D eigenvalue weighted by Gasteiger charge is 2.11. The summed E-state index contributed by atoms with van der Waals surface area (Å²) < 4.78 is 0. The molecule has 1 amide bonds. The molecule has 0 aliphatic rings. The highest BCUT2D eigenvalue weighted by Crippen LogP contribution is 2.18. The van der Waals surface area contributed by atoms with Gasteiger partial charge in [0.2, 0.25) is 5.91 Å². The van der Waals surface area contributed by atoms with E-state index in [1.165, 1.54) is 25.1 Å². The molecule has 0 heterocycles. The molecule has 92 valence electrons. The van der Waals surface area contributed by atoms with Gasteiger partial charge >= 0.3 is 0 Å². The SMILES string of the molecule is CNC(C)=O.O=[N+]([O-])c1cccc([N+](=O)[O-])c1. The van der Waals surface area contributed by atoms with Crippen LogP contribution in [0.2, 0.25) is 0 Å². The van der Waals surface area contributed by atoms with Crippen molar-refractivity contribution < 1.29 is 14.6 Å². The topological polar surface area (TPSA) is 115 Å². The van der Waals surface area contributed by atoms with E-state index in [4.69, 9.17) is 0 Å². The first-order chi connectivity index (χ1) is 7.88. The van der Waals surface area contributed by atoms with Crippen LogP contribution in [0.4, 0.5) is 11.4 Å². The van der Waals surface area contributed by atoms with Gasteiger partial charge in [-0.05, 0) is 6.07 Å². The molecular formula is C9H11N3O5. The Labute approximate surface area is 96.5 Å². The zero-order valence-electron chi connectivity index (χ0n) is 9.25. The number of non-ortho nitro benzene ring substituents is 2. The van der Waals surface area contributed by atoms with Crippen LogP contribution in [0.1, 0.15) is 6.92 Å². The van der Waals surface area contributed by atoms with Gasteiger partial charge < -0.3 is 5.32 Å². The lowest BCUT2D eigenvalue weighted by Gasteiger charge is -1.90. The van der Waals surface area contributed by atoms with Crippen LogP contribution in [0.15, 0.2) is 24.3 Å². The van der Waals surface area contributed by atoms with Gasteiger partial charge in [0.25, 0.3) is 11.4 Å². The maximum atomic E-state index is 10.2. The Bertz CT molecular complexity index is 403. The number of carbonyl (C=O) groups is 1. The summed E-state index contributed by atoms with van der Waals surface area (Å²) in [6.07, 6.45) is 0. The van der Waals surface area contributed by atoms with Gasteiger partial charge in [-0.1, -0.05) is 0 Å². The van der Waals surface area contributed by atoms with Crippen molar-refractivity contribution >= 4 is 17.3 Å². The van der Waals surface area contributed by atoms with Crippen molar-refractivity contribution in [1.29, 1.82) is 0 Å². The Morgan fingerprint density at radius 2 is 1.53 bits per heavy atom. The molecular weight excluding hydrogens is 230 g/mol. The summed E-state index contributed by atoms with van der Waals surface area (Å²) in [7, 11) is 1.60. The summed E-state index contributed by atoms with van der Waals surface area (Å²) in [6.45, 7) is 1.47. The Hall–Kier alpha value is -2.51. The molecule has 1 aromatic rings. The Morgan fingerprint density at radius 3 is 1.76 bits per heavy atom. The quantitative estimate of drug-likeness (QED) is 0.618. The number of amides is 1. The van der Waals surface area contributed by atoms with Crippen LogP contribution in [0.25, 0.3) is 0 Å². The molecule has 1 rings (SSSR count). The monoisotopic (exact) mass is 241 g/mol. The fraction of sp³-hybridized carbons (Fsp3) is 0.222. The smallest absolute Gasteiger partial charge is 0.276 e. The largest absolute Gasteiger partial charge is 0.359 e. The van der Waals surface area contributed by atoms with Crippen LogP contribution in [0, 0.1) is 20.2 Å². The fourth-order valence-corrected chi connectivity index (χ4v) is 0.720. The van der Waals surface area contributed by atoms with Crippen LogP contribution in [0.3, 0.4) is 0 Å². The maximum Gasteiger partial charge on any atom is 0.276 e. The zero-order valence-corrected chi connectivity index (χ0v) is 9.25. The lowest BCUT2D eigenvalue weighted by atomic mass is 10.3. The number of carbonyl (C=O) groups excluding carboxylic acids is 1. The Morgan fingerprint density at radius 1 is 1.18 bits per heavy atom. The third-order valence-electron chi connectivity index (χ3n) is 1.60. The van der Waals surface area contributed by atoms with Crippen LogP contribution < -0.4 is 5.32 Å². The molecule has 0 fully saturated rings. The van der Waals surface area contributed by atoms with Crippen LogP contribution in [0.5, 0.6) is 0 Å². The fourth-order valence-electron chi connectivity index (χ4n) is 0.720. The van der Waals surface area contributed by atoms with Gasteiger partial charge in [0.05, 0.1) is 15.9 Å². The van der Waals surface area contributed by atoms with Gasteiger partial charge in [0, 0.05) is 26.1 Å². The number of nitrogens with one attached hydrogen (secondary N) is 1. The van der Waals surface area contributed by atoms with Gasteiger partial charge in [0.1, 0.15) is 0 Å². The number of nitro benzene ring substituents is 2. The summed E-state index contributed by atoms with van der Waals surface area (Å²) >= 11 is 0. The van der Waals surface area contributed by atoms with Crippen LogP contribution in [-0.4, -0.2) is 22.8 Å². The maximum absolute atomic E-state index is 10.2. The van der Waals surface area contributed by atoms with E-state index in [1.54, 1.807) is 7.05 Å². The minimum absolute atomic E-state index is 0.00463. The van der Waals surface area contributed by atoms with E-state index in [-0.39, 0.29) is 17.3 Å². The third-order valence-corrected chi connectivity index (χ3v) is 1.60. The van der Waals surface area contributed by atoms with Gasteiger partial charge in [-0.15, -0.1) is 0 Å². The molecule has 17 heavy (non-hydrogen) atoms. The van der Waals surface area contributed by atoms with E-state index in [2.05, 4.69) is 5.32 Å². The first kappa shape index (κ1) is 14.5. The van der Waals surface area contributed by atoms with Gasteiger partial charge in [-0.25, -0.2) is 0 Å². The van der Waals surface area contributed by atoms with Crippen LogP contribution in [-0.2, 0) is 4.79 Å². The summed E-state index contributed by atoms with van der Waals surface area (Å²) in [6, 6.07) is 4.59. The molecule has 0 bridgehead atoms. The molecule has 8 heteroatoms. The summed E-state index contributed by atoms with van der Waals surface area (Å²) in [5.41, 5.74) is -0.548. The van der Waals surface area contributed by atoms with E-state index in [0.29, 0.717) is 0 Å². The summed E-state index contributed by atoms with van der Waals surface area (Å²) in [4.78, 5) is 28.7. The van der Waals surface area contributed by atoms with E-state index in [1.807, 2.05) is 0 Å². The number of nitro groups is 2. The predicted molar refractivity (Wildman–Crippen MR) is 59.5 cm³/mol. The second-order valence-corrected chi connectivity index (χ2v) is 2.84. The van der Waals surface area contributed by atoms with E-state index in [9.17, 15) is 25.0 Å². The molecule has 0 aromatic heterocycles. The second kappa shape index (κ2) is 6.88. The first-order valence-electron chi connectivity index (χ1n) is 4.45. The van der Waals surface area contributed by atoms with Crippen LogP contribution >= 0.6 is 0 Å². The van der Waals surface area contributed by atoms with Crippen molar-refractivity contribution in [3.8, 4) is 0 Å². The Kier molecular flexibility index (Phi) is 5.86. The first-order valence-corrected chi connectivity index (χ1v) is 4.45. The normalized spacial score (nSPS) is 8.59. The predicted octanol–water partition coefficient (Wildman–Crippen LogP) is 1.26.